The highest BCUT2D eigenvalue weighted by atomic mass is 35.5. The first-order chi connectivity index (χ1) is 14.8. The maximum absolute atomic E-state index is 12.7. The normalized spacial score (nSPS) is 11.1. The average molecular weight is 495 g/mol. The van der Waals surface area contributed by atoms with Gasteiger partial charge in [-0.25, -0.2) is 0 Å². The summed E-state index contributed by atoms with van der Waals surface area (Å²) in [6, 6.07) is 12.0. The molecule has 0 fully saturated rings. The molecular weight excluding hydrogens is 457 g/mol. The van der Waals surface area contributed by atoms with Gasteiger partial charge in [-0.3, -0.25) is 9.59 Å². The second-order valence-corrected chi connectivity index (χ2v) is 8.87. The molecule has 1 heterocycles. The van der Waals surface area contributed by atoms with Gasteiger partial charge in [0.05, 0.1) is 0 Å². The number of benzene rings is 2. The molecule has 7 heteroatoms. The van der Waals surface area contributed by atoms with Crippen molar-refractivity contribution in [1.29, 1.82) is 0 Å². The number of rotatable bonds is 11. The van der Waals surface area contributed by atoms with Crippen molar-refractivity contribution in [2.45, 2.75) is 39.2 Å². The number of ketones is 2. The third-order valence-electron chi connectivity index (χ3n) is 5.84. The predicted molar refractivity (Wildman–Crippen MR) is 144 cm³/mol. The highest BCUT2D eigenvalue weighted by Gasteiger charge is 2.15. The maximum atomic E-state index is 12.7. The van der Waals surface area contributed by atoms with Crippen LogP contribution >= 0.6 is 24.8 Å². The van der Waals surface area contributed by atoms with Crippen LogP contribution in [0, 0.1) is 0 Å². The molecular formula is C26H37Cl2N3O2. The first-order valence-corrected chi connectivity index (χ1v) is 11.2. The van der Waals surface area contributed by atoms with Crippen molar-refractivity contribution in [3.05, 3.63) is 47.5 Å². The lowest BCUT2D eigenvalue weighted by Gasteiger charge is -2.08. The molecule has 0 spiro atoms. The van der Waals surface area contributed by atoms with Crippen molar-refractivity contribution < 1.29 is 9.59 Å². The van der Waals surface area contributed by atoms with Crippen molar-refractivity contribution in [1.82, 2.24) is 14.4 Å². The Labute approximate surface area is 209 Å². The van der Waals surface area contributed by atoms with Gasteiger partial charge in [-0.2, -0.15) is 0 Å². The van der Waals surface area contributed by atoms with Gasteiger partial charge in [-0.15, -0.1) is 24.8 Å². The van der Waals surface area contributed by atoms with Crippen LogP contribution in [0.15, 0.2) is 36.4 Å². The van der Waals surface area contributed by atoms with E-state index >= 15 is 0 Å². The molecule has 0 unspecified atom stereocenters. The quantitative estimate of drug-likeness (QED) is 0.321. The molecule has 33 heavy (non-hydrogen) atoms. The summed E-state index contributed by atoms with van der Waals surface area (Å²) in [6.45, 7) is 4.77. The molecule has 0 aliphatic heterocycles. The molecule has 3 rings (SSSR count). The number of carbonyl (C=O) groups excluding carboxylic acids is 2. The molecule has 0 bridgehead atoms. The molecule has 2 aromatic carbocycles. The van der Waals surface area contributed by atoms with Crippen LogP contribution in [-0.4, -0.2) is 67.2 Å². The molecule has 0 saturated carbocycles. The summed E-state index contributed by atoms with van der Waals surface area (Å²) in [6.07, 6.45) is 2.80. The molecule has 5 nitrogen and oxygen atoms in total. The van der Waals surface area contributed by atoms with Crippen LogP contribution < -0.4 is 0 Å². The number of aryl methyl sites for hydroxylation is 1. The minimum absolute atomic E-state index is 0. The zero-order valence-corrected chi connectivity index (χ0v) is 22.0. The molecule has 0 saturated heterocycles. The fourth-order valence-corrected chi connectivity index (χ4v) is 4.19. The third-order valence-corrected chi connectivity index (χ3v) is 5.84. The SMILES string of the molecule is CCn1c2ccc(C(=O)CCCN(C)C)cc2c2cc(C(=O)CCCN(C)C)ccc21.Cl.Cl. The number of fused-ring (bicyclic) bond motifs is 3. The average Bonchev–Trinajstić information content (AvgIpc) is 3.05. The molecule has 0 radical (unpaired) electrons. The van der Waals surface area contributed by atoms with Crippen molar-refractivity contribution in [3.8, 4) is 0 Å². The zero-order valence-electron chi connectivity index (χ0n) is 20.4. The van der Waals surface area contributed by atoms with E-state index in [4.69, 9.17) is 0 Å². The topological polar surface area (TPSA) is 45.6 Å². The van der Waals surface area contributed by atoms with E-state index in [0.29, 0.717) is 12.8 Å². The van der Waals surface area contributed by atoms with Crippen molar-refractivity contribution in [3.63, 3.8) is 0 Å². The zero-order chi connectivity index (χ0) is 22.5. The molecule has 182 valence electrons. The number of hydrogen-bond donors (Lipinski definition) is 0. The summed E-state index contributed by atoms with van der Waals surface area (Å²) in [5.74, 6) is 0.356. The van der Waals surface area contributed by atoms with Gasteiger partial charge in [0, 0.05) is 52.3 Å². The molecule has 3 aromatic rings. The Morgan fingerprint density at radius 2 is 1.12 bits per heavy atom. The van der Waals surface area contributed by atoms with Gasteiger partial charge in [0.25, 0.3) is 0 Å². The van der Waals surface area contributed by atoms with E-state index in [-0.39, 0.29) is 36.4 Å². The van der Waals surface area contributed by atoms with Crippen LogP contribution in [0.3, 0.4) is 0 Å². The van der Waals surface area contributed by atoms with Gasteiger partial charge < -0.3 is 14.4 Å². The monoisotopic (exact) mass is 493 g/mol. The van der Waals surface area contributed by atoms with E-state index in [2.05, 4.69) is 33.4 Å². The molecule has 0 N–H and O–H groups in total. The van der Waals surface area contributed by atoms with Gasteiger partial charge in [-0.05, 0) is 97.4 Å². The van der Waals surface area contributed by atoms with Gasteiger partial charge in [0.15, 0.2) is 11.6 Å². The van der Waals surface area contributed by atoms with Gasteiger partial charge in [0.2, 0.25) is 0 Å². The van der Waals surface area contributed by atoms with E-state index in [0.717, 1.165) is 65.4 Å². The van der Waals surface area contributed by atoms with E-state index < -0.39 is 0 Å². The second kappa shape index (κ2) is 13.1. The standard InChI is InChI=1S/C26H35N3O2.2ClH/c1-6-29-23-13-11-19(25(30)9-7-15-27(2)3)17-21(23)22-18-20(12-14-24(22)29)26(31)10-8-16-28(4)5;;/h11-14,17-18H,6-10,15-16H2,1-5H3;2*1H. The number of nitrogens with zero attached hydrogens (tertiary/aromatic N) is 3. The van der Waals surface area contributed by atoms with Crippen LogP contribution in [0.1, 0.15) is 53.3 Å². The lowest BCUT2D eigenvalue weighted by Crippen LogP contribution is -2.14. The number of carbonyl (C=O) groups is 2. The number of Topliss-reactive ketones (excluding diaryl/α,β-unsaturated/α-hetero) is 2. The third kappa shape index (κ3) is 7.03. The Kier molecular flexibility index (Phi) is 11.5. The fourth-order valence-electron chi connectivity index (χ4n) is 4.19. The number of aromatic nitrogens is 1. The van der Waals surface area contributed by atoms with Gasteiger partial charge in [0.1, 0.15) is 0 Å². The summed E-state index contributed by atoms with van der Waals surface area (Å²) >= 11 is 0. The van der Waals surface area contributed by atoms with Crippen LogP contribution in [-0.2, 0) is 6.54 Å². The summed E-state index contributed by atoms with van der Waals surface area (Å²) in [5.41, 5.74) is 3.73. The smallest absolute Gasteiger partial charge is 0.162 e. The van der Waals surface area contributed by atoms with Gasteiger partial charge >= 0.3 is 0 Å². The largest absolute Gasteiger partial charge is 0.341 e. The van der Waals surface area contributed by atoms with E-state index in [1.54, 1.807) is 0 Å². The summed E-state index contributed by atoms with van der Waals surface area (Å²) in [7, 11) is 8.09. The van der Waals surface area contributed by atoms with E-state index in [1.807, 2.05) is 52.5 Å². The minimum atomic E-state index is 0. The Morgan fingerprint density at radius 1 is 0.727 bits per heavy atom. The predicted octanol–water partition coefficient (Wildman–Crippen LogP) is 5.71. The lowest BCUT2D eigenvalue weighted by molar-refractivity contribution is 0.0969. The lowest BCUT2D eigenvalue weighted by atomic mass is 10.0. The summed E-state index contributed by atoms with van der Waals surface area (Å²) < 4.78 is 2.26. The Bertz CT molecular complexity index is 1010. The van der Waals surface area contributed by atoms with Crippen molar-refractivity contribution in [2.75, 3.05) is 41.3 Å². The van der Waals surface area contributed by atoms with E-state index in [9.17, 15) is 9.59 Å². The minimum Gasteiger partial charge on any atom is -0.341 e. The van der Waals surface area contributed by atoms with Crippen molar-refractivity contribution in [2.24, 2.45) is 0 Å². The highest BCUT2D eigenvalue weighted by Crippen LogP contribution is 2.31. The Balaban J connectivity index is 0.00000272. The number of halogens is 2. The maximum Gasteiger partial charge on any atom is 0.162 e. The highest BCUT2D eigenvalue weighted by molar-refractivity contribution is 6.13. The van der Waals surface area contributed by atoms with Crippen LogP contribution in [0.4, 0.5) is 0 Å². The van der Waals surface area contributed by atoms with E-state index in [1.165, 1.54) is 0 Å². The summed E-state index contributed by atoms with van der Waals surface area (Å²) in [4.78, 5) is 29.7. The second-order valence-electron chi connectivity index (χ2n) is 8.87. The molecule has 0 amide bonds. The Hall–Kier alpha value is -1.92. The van der Waals surface area contributed by atoms with Gasteiger partial charge in [-0.1, -0.05) is 0 Å². The van der Waals surface area contributed by atoms with Crippen LogP contribution in [0.5, 0.6) is 0 Å². The molecule has 0 atom stereocenters. The van der Waals surface area contributed by atoms with Crippen molar-refractivity contribution >= 4 is 58.2 Å². The first-order valence-electron chi connectivity index (χ1n) is 11.2. The number of hydrogen-bond acceptors (Lipinski definition) is 4. The summed E-state index contributed by atoms with van der Waals surface area (Å²) in [5, 5.41) is 2.11. The first kappa shape index (κ1) is 29.1. The molecule has 1 aromatic heterocycles. The fraction of sp³-hybridized carbons (Fsp3) is 0.462. The molecule has 0 aliphatic rings. The molecule has 0 aliphatic carbocycles. The van der Waals surface area contributed by atoms with Crippen LogP contribution in [0.25, 0.3) is 21.8 Å². The van der Waals surface area contributed by atoms with Crippen LogP contribution in [0.2, 0.25) is 0 Å². The Morgan fingerprint density at radius 3 is 1.45 bits per heavy atom.